The monoisotopic (exact) mass is 315 g/mol. The van der Waals surface area contributed by atoms with Crippen molar-refractivity contribution in [2.75, 3.05) is 0 Å². The molecule has 0 radical (unpaired) electrons. The molecule has 1 rings (SSSR count). The Morgan fingerprint density at radius 3 is 1.35 bits per heavy atom. The fourth-order valence-electron chi connectivity index (χ4n) is 1.59. The van der Waals surface area contributed by atoms with Crippen LogP contribution in [0.5, 0.6) is 0 Å². The molecule has 0 unspecified atom stereocenters. The molecule has 0 aliphatic heterocycles. The van der Waals surface area contributed by atoms with Crippen molar-refractivity contribution in [3.8, 4) is 0 Å². The maximum atomic E-state index is 8.06. The minimum Gasteiger partial charge on any atom is -0.147 e. The topological polar surface area (TPSA) is 20.2 Å². The third kappa shape index (κ3) is 5.94. The van der Waals surface area contributed by atoms with Gasteiger partial charge in [-0.15, -0.1) is 24.8 Å². The molecular formula is C13H25Cl2OTi. The van der Waals surface area contributed by atoms with Crippen LogP contribution in [0.4, 0.5) is 0 Å². The van der Waals surface area contributed by atoms with Gasteiger partial charge >= 0.3 is 81.1 Å². The summed E-state index contributed by atoms with van der Waals surface area (Å²) in [4.78, 5) is 0. The van der Waals surface area contributed by atoms with Gasteiger partial charge in [0.2, 0.25) is 0 Å². The van der Waals surface area contributed by atoms with E-state index >= 15 is 0 Å². The number of hydrogen-bond acceptors (Lipinski definition) is 1. The molecule has 0 amide bonds. The molecule has 1 aliphatic rings. The second kappa shape index (κ2) is 8.77. The van der Waals surface area contributed by atoms with E-state index in [0.29, 0.717) is 5.41 Å². The normalized spacial score (nSPS) is 17.2. The molecule has 4 heteroatoms. The molecule has 1 nitrogen and oxygen atoms in total. The van der Waals surface area contributed by atoms with E-state index in [0.717, 1.165) is 0 Å². The average Bonchev–Trinajstić information content (AvgIpc) is 2.21. The Morgan fingerprint density at radius 1 is 1.00 bits per heavy atom. The van der Waals surface area contributed by atoms with Crippen molar-refractivity contribution in [1.29, 1.82) is 0 Å². The molecule has 0 fully saturated rings. The molecule has 101 valence electrons. The molecule has 0 spiro atoms. The van der Waals surface area contributed by atoms with Gasteiger partial charge in [-0.2, -0.15) is 0 Å². The summed E-state index contributed by atoms with van der Waals surface area (Å²) in [5, 5.41) is 8.06. The van der Waals surface area contributed by atoms with Gasteiger partial charge in [-0.3, -0.25) is 0 Å². The van der Waals surface area contributed by atoms with Crippen molar-refractivity contribution in [2.45, 2.75) is 54.6 Å². The Balaban J connectivity index is -0.000000289. The van der Waals surface area contributed by atoms with Crippen LogP contribution in [0.1, 0.15) is 48.5 Å². The second-order valence-corrected chi connectivity index (χ2v) is 5.75. The van der Waals surface area contributed by atoms with Gasteiger partial charge in [0.1, 0.15) is 0 Å². The van der Waals surface area contributed by atoms with Crippen molar-refractivity contribution in [3.63, 3.8) is 0 Å². The number of aliphatic hydroxyl groups excluding tert-OH is 1. The number of allylic oxidation sites excluding steroid dienone is 4. The van der Waals surface area contributed by atoms with Crippen LogP contribution in [0.2, 0.25) is 0 Å². The number of aliphatic hydroxyl groups is 1. The summed E-state index contributed by atoms with van der Waals surface area (Å²) in [5.41, 5.74) is 4.83. The predicted octanol–water partition coefficient (Wildman–Crippen LogP) is 4.41. The van der Waals surface area contributed by atoms with Gasteiger partial charge in [-0.25, -0.2) is 0 Å². The van der Waals surface area contributed by atoms with Crippen LogP contribution in [0, 0.1) is 5.41 Å². The molecule has 0 aromatic rings. The Bertz CT molecular complexity index is 276. The fourth-order valence-corrected chi connectivity index (χ4v) is 2.18. The molecular weight excluding hydrogens is 291 g/mol. The van der Waals surface area contributed by atoms with Gasteiger partial charge in [-0.1, -0.05) is 0 Å². The maximum Gasteiger partial charge on any atom is -0.147 e. The van der Waals surface area contributed by atoms with Crippen LogP contribution in [0.3, 0.4) is 0 Å². The van der Waals surface area contributed by atoms with E-state index in [1.165, 1.54) is 20.6 Å². The summed E-state index contributed by atoms with van der Waals surface area (Å²) in [5.74, 6) is 0. The van der Waals surface area contributed by atoms with Crippen LogP contribution >= 0.6 is 24.8 Å². The molecule has 1 aliphatic carbocycles. The van der Waals surface area contributed by atoms with Crippen LogP contribution < -0.4 is 0 Å². The summed E-state index contributed by atoms with van der Waals surface area (Å²) in [6.45, 7) is 14.7. The first-order valence-corrected chi connectivity index (χ1v) is 6.19. The Labute approximate surface area is 130 Å². The average molecular weight is 316 g/mol. The third-order valence-electron chi connectivity index (χ3n) is 3.06. The van der Waals surface area contributed by atoms with E-state index in [2.05, 4.69) is 55.1 Å². The van der Waals surface area contributed by atoms with Crippen molar-refractivity contribution in [2.24, 2.45) is 5.41 Å². The van der Waals surface area contributed by atoms with Gasteiger partial charge < -0.3 is 5.11 Å². The van der Waals surface area contributed by atoms with E-state index < -0.39 is 0 Å². The number of rotatable bonds is 0. The summed E-state index contributed by atoms with van der Waals surface area (Å²) in [7, 11) is 0. The quantitative estimate of drug-likeness (QED) is 0.656. The van der Waals surface area contributed by atoms with E-state index in [1.807, 2.05) is 0 Å². The first-order valence-electron chi connectivity index (χ1n) is 5.41. The van der Waals surface area contributed by atoms with Crippen LogP contribution in [-0.4, -0.2) is 11.2 Å². The van der Waals surface area contributed by atoms with Gasteiger partial charge in [-0.05, 0) is 13.8 Å². The second-order valence-electron chi connectivity index (χ2n) is 4.97. The van der Waals surface area contributed by atoms with Gasteiger partial charge in [0, 0.05) is 6.10 Å². The largest absolute Gasteiger partial charge is 0.147 e. The molecule has 1 N–H and O–H groups in total. The Hall–Kier alpha value is 0.734. The fraction of sp³-hybridized carbons (Fsp3) is 0.692. The Morgan fingerprint density at radius 2 is 1.29 bits per heavy atom. The minimum absolute atomic E-state index is 0. The smallest absolute Gasteiger partial charge is 0.147 e. The molecule has 0 heterocycles. The van der Waals surface area contributed by atoms with Crippen LogP contribution in [0.25, 0.3) is 0 Å². The first-order chi connectivity index (χ1) is 6.62. The minimum atomic E-state index is -0.167. The SMILES string of the molecule is CC(C)O.CC1=C(C)C(C)(C)[C]([Ti])=C1C.Cl.Cl. The predicted molar refractivity (Wildman–Crippen MR) is 76.7 cm³/mol. The molecule has 0 saturated carbocycles. The molecule has 17 heavy (non-hydrogen) atoms. The van der Waals surface area contributed by atoms with E-state index in [-0.39, 0.29) is 30.9 Å². The summed E-state index contributed by atoms with van der Waals surface area (Å²) in [6.07, 6.45) is -0.167. The first kappa shape index (κ1) is 22.9. The molecule has 0 bridgehead atoms. The zero-order valence-corrected chi connectivity index (χ0v) is 15.0. The zero-order valence-electron chi connectivity index (χ0n) is 11.8. The van der Waals surface area contributed by atoms with Crippen molar-refractivity contribution >= 4 is 24.8 Å². The summed E-state index contributed by atoms with van der Waals surface area (Å²) in [6, 6.07) is 0. The summed E-state index contributed by atoms with van der Waals surface area (Å²) >= 11 is 2.25. The zero-order chi connectivity index (χ0) is 12.4. The Kier molecular flexibility index (Phi) is 11.8. The third-order valence-corrected chi connectivity index (χ3v) is 4.62. The van der Waals surface area contributed by atoms with E-state index in [9.17, 15) is 0 Å². The van der Waals surface area contributed by atoms with Crippen molar-refractivity contribution < 1.29 is 25.5 Å². The van der Waals surface area contributed by atoms with E-state index in [4.69, 9.17) is 5.11 Å². The summed E-state index contributed by atoms with van der Waals surface area (Å²) < 4.78 is 1.53. The van der Waals surface area contributed by atoms with Gasteiger partial charge in [0.15, 0.2) is 0 Å². The van der Waals surface area contributed by atoms with Gasteiger partial charge in [0.25, 0.3) is 0 Å². The van der Waals surface area contributed by atoms with Crippen molar-refractivity contribution in [3.05, 3.63) is 20.6 Å². The number of hydrogen-bond donors (Lipinski definition) is 1. The van der Waals surface area contributed by atoms with Gasteiger partial charge in [0.05, 0.1) is 0 Å². The molecule has 0 aromatic carbocycles. The number of halogens is 2. The standard InChI is InChI=1S/C10H15.C3H8O.2ClH.Ti/c1-7-6-10(4,5)9(3)8(7)2;1-3(2)4;;;/h1-5H3;3-4H,1-2H3;2*1H;. The molecule has 0 atom stereocenters. The van der Waals surface area contributed by atoms with Crippen LogP contribution in [0.15, 0.2) is 20.6 Å². The van der Waals surface area contributed by atoms with E-state index in [1.54, 1.807) is 13.8 Å². The van der Waals surface area contributed by atoms with Crippen molar-refractivity contribution in [1.82, 2.24) is 0 Å². The van der Waals surface area contributed by atoms with Crippen LogP contribution in [-0.2, 0) is 20.4 Å². The maximum absolute atomic E-state index is 8.06. The molecule has 0 saturated heterocycles. The molecule has 0 aromatic heterocycles.